The fraction of sp³-hybridized carbons (Fsp3) is 0.405. The zero-order valence-electron chi connectivity index (χ0n) is 26.3. The average molecular weight is 647 g/mol. The number of piperidine rings is 1. The number of carbonyl (C=O) groups excluding carboxylic acids is 2. The van der Waals surface area contributed by atoms with E-state index in [1.807, 2.05) is 24.3 Å². The number of carbonyl (C=O) groups is 2. The number of esters is 1. The molecule has 4 aliphatic rings. The molecular weight excluding hydrogens is 609 g/mol. The van der Waals surface area contributed by atoms with Gasteiger partial charge in [-0.1, -0.05) is 48.5 Å². The van der Waals surface area contributed by atoms with Crippen molar-refractivity contribution in [2.24, 2.45) is 0 Å². The second-order valence-corrected chi connectivity index (χ2v) is 13.2. The molecule has 47 heavy (non-hydrogen) atoms. The lowest BCUT2D eigenvalue weighted by Gasteiger charge is -2.65. The Morgan fingerprint density at radius 2 is 1.89 bits per heavy atom. The Balaban J connectivity index is 1.24. The Morgan fingerprint density at radius 3 is 2.64 bits per heavy atom. The molecule has 7 nitrogen and oxygen atoms in total. The molecule has 2 heterocycles. The molecule has 3 aromatic carbocycles. The lowest BCUT2D eigenvalue weighted by atomic mass is 9.48. The van der Waals surface area contributed by atoms with E-state index in [9.17, 15) is 27.9 Å². The number of hydrogen-bond donors (Lipinski definition) is 1. The maximum absolute atomic E-state index is 13.6. The second kappa shape index (κ2) is 11.4. The van der Waals surface area contributed by atoms with Crippen LogP contribution in [0.2, 0.25) is 0 Å². The van der Waals surface area contributed by atoms with Gasteiger partial charge in [0.05, 0.1) is 23.1 Å². The van der Waals surface area contributed by atoms with Crippen molar-refractivity contribution in [1.29, 1.82) is 0 Å². The first-order chi connectivity index (χ1) is 22.4. The van der Waals surface area contributed by atoms with Crippen LogP contribution in [0.25, 0.3) is 6.08 Å². The summed E-state index contributed by atoms with van der Waals surface area (Å²) in [4.78, 5) is 30.5. The molecule has 10 heteroatoms. The molecule has 1 spiro atoms. The van der Waals surface area contributed by atoms with E-state index in [4.69, 9.17) is 9.47 Å². The number of phenolic OH excluding ortho intramolecular Hbond substituents is 1. The normalized spacial score (nSPS) is 27.6. The van der Waals surface area contributed by atoms with Crippen molar-refractivity contribution in [1.82, 2.24) is 9.80 Å². The number of amides is 1. The fourth-order valence-electron chi connectivity index (χ4n) is 8.89. The third-order valence-electron chi connectivity index (χ3n) is 10.8. The number of rotatable bonds is 7. The number of likely N-dealkylation sites (tertiary alicyclic amines) is 1. The van der Waals surface area contributed by atoms with E-state index in [1.165, 1.54) is 36.8 Å². The topological polar surface area (TPSA) is 79.3 Å². The molecule has 2 fully saturated rings. The number of halogens is 3. The highest BCUT2D eigenvalue weighted by Gasteiger charge is 2.75. The molecule has 1 N–H and O–H groups in total. The highest BCUT2D eigenvalue weighted by molar-refractivity contribution is 5.92. The van der Waals surface area contributed by atoms with E-state index < -0.39 is 34.9 Å². The number of alkyl halides is 3. The van der Waals surface area contributed by atoms with Gasteiger partial charge in [-0.25, -0.2) is 0 Å². The Hall–Kier alpha value is -4.31. The molecule has 5 atom stereocenters. The molecule has 2 bridgehead atoms. The summed E-state index contributed by atoms with van der Waals surface area (Å²) >= 11 is 0. The Labute approximate surface area is 271 Å². The Morgan fingerprint density at radius 1 is 1.11 bits per heavy atom. The highest BCUT2D eigenvalue weighted by Crippen LogP contribution is 2.67. The van der Waals surface area contributed by atoms with Crippen molar-refractivity contribution in [3.63, 3.8) is 0 Å². The van der Waals surface area contributed by atoms with E-state index in [1.54, 1.807) is 18.0 Å². The molecule has 2 unspecified atom stereocenters. The van der Waals surface area contributed by atoms with Crippen molar-refractivity contribution >= 4 is 18.0 Å². The van der Waals surface area contributed by atoms with Gasteiger partial charge in [0.2, 0.25) is 5.91 Å². The third-order valence-corrected chi connectivity index (χ3v) is 10.8. The SMILES string of the molecule is CC(=O)O[C@@]12CCC(N(C)C(=O)/C=C/c3cccc(C(F)(F)F)c3)C3Oc4c(O)ccc5c4[C@@]31CCN(CCc1ccccc1)[C@@H]2C5. The summed E-state index contributed by atoms with van der Waals surface area (Å²) in [7, 11) is 1.67. The summed E-state index contributed by atoms with van der Waals surface area (Å²) in [6.45, 7) is 2.93. The molecule has 2 aliphatic heterocycles. The van der Waals surface area contributed by atoms with Crippen LogP contribution < -0.4 is 4.74 Å². The summed E-state index contributed by atoms with van der Waals surface area (Å²) in [5.41, 5.74) is 0.846. The smallest absolute Gasteiger partial charge is 0.416 e. The minimum absolute atomic E-state index is 0.00591. The molecule has 1 saturated heterocycles. The monoisotopic (exact) mass is 646 g/mol. The molecule has 7 rings (SSSR count). The van der Waals surface area contributed by atoms with Gasteiger partial charge in [0.25, 0.3) is 0 Å². The van der Waals surface area contributed by atoms with Gasteiger partial charge in [0.1, 0.15) is 11.7 Å². The van der Waals surface area contributed by atoms with Gasteiger partial charge in [0, 0.05) is 32.2 Å². The molecule has 1 saturated carbocycles. The standard InChI is InChI=1S/C37H37F3N2O5/c1-23(43)47-36-17-15-28(41(2)31(45)14-11-25-9-6-10-27(21-25)37(38,39)40)34-35(36)18-20-42(19-16-24-7-4-3-5-8-24)30(36)22-26-12-13-29(44)33(46-34)32(26)35/h3-14,21,28,30,34,44H,15-20,22H2,1-2H3/b14-11+/t28?,30-,34?,35+,36-/m1/s1. The van der Waals surface area contributed by atoms with Gasteiger partial charge in [-0.05, 0) is 79.6 Å². The van der Waals surface area contributed by atoms with Crippen LogP contribution in [-0.2, 0) is 38.8 Å². The third kappa shape index (κ3) is 4.99. The minimum Gasteiger partial charge on any atom is -0.504 e. The van der Waals surface area contributed by atoms with Gasteiger partial charge >= 0.3 is 12.1 Å². The van der Waals surface area contributed by atoms with Gasteiger partial charge < -0.3 is 19.5 Å². The zero-order valence-corrected chi connectivity index (χ0v) is 26.3. The fourth-order valence-corrected chi connectivity index (χ4v) is 8.89. The lowest BCUT2D eigenvalue weighted by molar-refractivity contribution is -0.223. The molecule has 0 radical (unpaired) electrons. The number of ether oxygens (including phenoxy) is 2. The highest BCUT2D eigenvalue weighted by atomic mass is 19.4. The van der Waals surface area contributed by atoms with Crippen LogP contribution in [0.15, 0.2) is 72.8 Å². The van der Waals surface area contributed by atoms with Crippen LogP contribution in [0.4, 0.5) is 13.2 Å². The lowest BCUT2D eigenvalue weighted by Crippen LogP contribution is -2.79. The van der Waals surface area contributed by atoms with Gasteiger partial charge in [-0.15, -0.1) is 0 Å². The van der Waals surface area contributed by atoms with Crippen molar-refractivity contribution in [2.75, 3.05) is 20.1 Å². The summed E-state index contributed by atoms with van der Waals surface area (Å²) in [6.07, 6.45) is 0.559. The molecule has 0 aromatic heterocycles. The summed E-state index contributed by atoms with van der Waals surface area (Å²) < 4.78 is 53.0. The van der Waals surface area contributed by atoms with Crippen molar-refractivity contribution < 1.29 is 37.3 Å². The van der Waals surface area contributed by atoms with E-state index >= 15 is 0 Å². The zero-order chi connectivity index (χ0) is 33.1. The van der Waals surface area contributed by atoms with Crippen LogP contribution >= 0.6 is 0 Å². The van der Waals surface area contributed by atoms with E-state index in [2.05, 4.69) is 17.0 Å². The average Bonchev–Trinajstić information content (AvgIpc) is 3.40. The molecule has 1 amide bonds. The maximum Gasteiger partial charge on any atom is 0.416 e. The van der Waals surface area contributed by atoms with Gasteiger partial charge in [-0.2, -0.15) is 13.2 Å². The maximum atomic E-state index is 13.6. The van der Waals surface area contributed by atoms with E-state index in [-0.39, 0.29) is 29.2 Å². The van der Waals surface area contributed by atoms with Crippen LogP contribution in [0, 0.1) is 0 Å². The Kier molecular flexibility index (Phi) is 7.62. The summed E-state index contributed by atoms with van der Waals surface area (Å²) in [5, 5.41) is 11.0. The molecular formula is C37H37F3N2O5. The van der Waals surface area contributed by atoms with E-state index in [0.29, 0.717) is 31.4 Å². The Bertz CT molecular complexity index is 1740. The van der Waals surface area contributed by atoms with Crippen molar-refractivity contribution in [3.05, 3.63) is 101 Å². The number of aromatic hydroxyl groups is 1. The number of likely N-dealkylation sites (N-methyl/N-ethyl adjacent to an activating group) is 1. The van der Waals surface area contributed by atoms with Gasteiger partial charge in [-0.3, -0.25) is 14.5 Å². The van der Waals surface area contributed by atoms with Crippen molar-refractivity contribution in [3.8, 4) is 11.5 Å². The first kappa shape index (κ1) is 31.3. The summed E-state index contributed by atoms with van der Waals surface area (Å²) in [6, 6.07) is 18.1. The van der Waals surface area contributed by atoms with E-state index in [0.717, 1.165) is 42.8 Å². The quantitative estimate of drug-likeness (QED) is 0.254. The second-order valence-electron chi connectivity index (χ2n) is 13.2. The minimum atomic E-state index is -4.49. The largest absolute Gasteiger partial charge is 0.504 e. The predicted molar refractivity (Wildman–Crippen MR) is 169 cm³/mol. The van der Waals surface area contributed by atoms with Gasteiger partial charge in [0.15, 0.2) is 11.5 Å². The van der Waals surface area contributed by atoms with Crippen LogP contribution in [-0.4, -0.2) is 70.7 Å². The first-order valence-corrected chi connectivity index (χ1v) is 16.1. The molecule has 3 aromatic rings. The number of phenols is 1. The molecule has 246 valence electrons. The van der Waals surface area contributed by atoms with Crippen LogP contribution in [0.5, 0.6) is 11.5 Å². The van der Waals surface area contributed by atoms with Crippen LogP contribution in [0.1, 0.15) is 54.0 Å². The number of benzene rings is 3. The number of nitrogens with zero attached hydrogens (tertiary/aromatic N) is 2. The van der Waals surface area contributed by atoms with Crippen molar-refractivity contribution in [2.45, 2.75) is 74.4 Å². The number of hydrogen-bond acceptors (Lipinski definition) is 6. The molecule has 2 aliphatic carbocycles. The first-order valence-electron chi connectivity index (χ1n) is 16.1. The van der Waals surface area contributed by atoms with Crippen LogP contribution in [0.3, 0.4) is 0 Å². The predicted octanol–water partition coefficient (Wildman–Crippen LogP) is 5.92. The summed E-state index contributed by atoms with van der Waals surface area (Å²) in [5.74, 6) is -0.388.